The SMILES string of the molecule is COC(=O)c1cc(C(C)C)ccc1NC(=O)N(C)CCO. The van der Waals surface area contributed by atoms with E-state index >= 15 is 0 Å². The Bertz CT molecular complexity index is 514. The Hall–Kier alpha value is -2.08. The van der Waals surface area contributed by atoms with E-state index in [9.17, 15) is 9.59 Å². The number of benzene rings is 1. The summed E-state index contributed by atoms with van der Waals surface area (Å²) in [5, 5.41) is 11.5. The molecule has 21 heavy (non-hydrogen) atoms. The topological polar surface area (TPSA) is 78.9 Å². The van der Waals surface area contributed by atoms with Crippen molar-refractivity contribution in [1.29, 1.82) is 0 Å². The molecule has 1 aromatic rings. The summed E-state index contributed by atoms with van der Waals surface area (Å²) in [4.78, 5) is 25.1. The van der Waals surface area contributed by atoms with Gasteiger partial charge in [0.15, 0.2) is 0 Å². The molecule has 0 radical (unpaired) electrons. The smallest absolute Gasteiger partial charge is 0.339 e. The van der Waals surface area contributed by atoms with Crippen LogP contribution in [-0.2, 0) is 4.74 Å². The van der Waals surface area contributed by atoms with Gasteiger partial charge in [0.1, 0.15) is 0 Å². The van der Waals surface area contributed by atoms with Crippen LogP contribution in [0, 0.1) is 0 Å². The second-order valence-electron chi connectivity index (χ2n) is 5.03. The van der Waals surface area contributed by atoms with Crippen LogP contribution in [0.15, 0.2) is 18.2 Å². The van der Waals surface area contributed by atoms with Crippen molar-refractivity contribution in [1.82, 2.24) is 4.90 Å². The quantitative estimate of drug-likeness (QED) is 0.815. The minimum atomic E-state index is -0.502. The van der Waals surface area contributed by atoms with Gasteiger partial charge in [-0.25, -0.2) is 9.59 Å². The monoisotopic (exact) mass is 294 g/mol. The first-order valence-electron chi connectivity index (χ1n) is 6.76. The van der Waals surface area contributed by atoms with Gasteiger partial charge in [-0.2, -0.15) is 0 Å². The lowest BCUT2D eigenvalue weighted by molar-refractivity contribution is 0.0602. The summed E-state index contributed by atoms with van der Waals surface area (Å²) in [6.45, 7) is 4.12. The average molecular weight is 294 g/mol. The van der Waals surface area contributed by atoms with Gasteiger partial charge in [-0.1, -0.05) is 19.9 Å². The largest absolute Gasteiger partial charge is 0.465 e. The number of carbonyl (C=O) groups is 2. The van der Waals surface area contributed by atoms with Gasteiger partial charge in [0.2, 0.25) is 0 Å². The third kappa shape index (κ3) is 4.46. The number of ether oxygens (including phenoxy) is 1. The van der Waals surface area contributed by atoms with Gasteiger partial charge in [0.05, 0.1) is 25.0 Å². The number of anilines is 1. The summed E-state index contributed by atoms with van der Waals surface area (Å²) >= 11 is 0. The lowest BCUT2D eigenvalue weighted by atomic mass is 9.99. The minimum absolute atomic E-state index is 0.125. The number of nitrogens with one attached hydrogen (secondary N) is 1. The van der Waals surface area contributed by atoms with Crippen LogP contribution >= 0.6 is 0 Å². The van der Waals surface area contributed by atoms with Crippen molar-refractivity contribution in [2.45, 2.75) is 19.8 Å². The maximum absolute atomic E-state index is 11.9. The average Bonchev–Trinajstić information content (AvgIpc) is 2.46. The van der Waals surface area contributed by atoms with E-state index < -0.39 is 12.0 Å². The zero-order valence-corrected chi connectivity index (χ0v) is 12.8. The summed E-state index contributed by atoms with van der Waals surface area (Å²) in [5.41, 5.74) is 1.69. The summed E-state index contributed by atoms with van der Waals surface area (Å²) in [7, 11) is 2.86. The van der Waals surface area contributed by atoms with Crippen molar-refractivity contribution in [3.8, 4) is 0 Å². The van der Waals surface area contributed by atoms with Crippen LogP contribution < -0.4 is 5.32 Å². The number of likely N-dealkylation sites (N-methyl/N-ethyl adjacent to an activating group) is 1. The number of carbonyl (C=O) groups excluding carboxylic acids is 2. The third-order valence-corrected chi connectivity index (χ3v) is 3.14. The van der Waals surface area contributed by atoms with Gasteiger partial charge >= 0.3 is 12.0 Å². The summed E-state index contributed by atoms with van der Waals surface area (Å²) in [6, 6.07) is 4.87. The molecule has 0 fully saturated rings. The van der Waals surface area contributed by atoms with E-state index in [0.29, 0.717) is 11.3 Å². The molecular weight excluding hydrogens is 272 g/mol. The number of aliphatic hydroxyl groups is 1. The van der Waals surface area contributed by atoms with E-state index in [1.165, 1.54) is 12.0 Å². The highest BCUT2D eigenvalue weighted by Gasteiger charge is 2.17. The van der Waals surface area contributed by atoms with E-state index in [-0.39, 0.29) is 19.1 Å². The summed E-state index contributed by atoms with van der Waals surface area (Å²) in [5.74, 6) is -0.243. The van der Waals surface area contributed by atoms with Crippen LogP contribution in [0.25, 0.3) is 0 Å². The molecule has 6 nitrogen and oxygen atoms in total. The molecule has 0 aliphatic rings. The highest BCUT2D eigenvalue weighted by molar-refractivity contribution is 6.01. The van der Waals surface area contributed by atoms with E-state index in [4.69, 9.17) is 9.84 Å². The van der Waals surface area contributed by atoms with Gasteiger partial charge in [-0.15, -0.1) is 0 Å². The number of methoxy groups -OCH3 is 1. The predicted octanol–water partition coefficient (Wildman–Crippen LogP) is 2.05. The van der Waals surface area contributed by atoms with Crippen LogP contribution in [0.5, 0.6) is 0 Å². The fraction of sp³-hybridized carbons (Fsp3) is 0.467. The Balaban J connectivity index is 3.05. The number of esters is 1. The molecule has 0 spiro atoms. The number of hydrogen-bond acceptors (Lipinski definition) is 4. The third-order valence-electron chi connectivity index (χ3n) is 3.14. The molecule has 0 saturated heterocycles. The summed E-state index contributed by atoms with van der Waals surface area (Å²) < 4.78 is 4.76. The lowest BCUT2D eigenvalue weighted by Gasteiger charge is -2.18. The van der Waals surface area contributed by atoms with E-state index in [2.05, 4.69) is 5.32 Å². The highest BCUT2D eigenvalue weighted by Crippen LogP contribution is 2.23. The van der Waals surface area contributed by atoms with Crippen molar-refractivity contribution in [2.75, 3.05) is 32.6 Å². The van der Waals surface area contributed by atoms with Crippen molar-refractivity contribution >= 4 is 17.7 Å². The molecule has 0 saturated carbocycles. The standard InChI is InChI=1S/C15H22N2O4/c1-10(2)11-5-6-13(12(9-11)14(19)21-4)16-15(20)17(3)7-8-18/h5-6,9-10,18H,7-8H2,1-4H3,(H,16,20). The zero-order valence-electron chi connectivity index (χ0n) is 12.8. The molecule has 0 aliphatic heterocycles. The number of amides is 2. The maximum atomic E-state index is 11.9. The zero-order chi connectivity index (χ0) is 16.0. The van der Waals surface area contributed by atoms with Crippen LogP contribution in [0.2, 0.25) is 0 Å². The van der Waals surface area contributed by atoms with Crippen LogP contribution in [0.4, 0.5) is 10.5 Å². The Kier molecular flexibility index (Phi) is 6.17. The number of nitrogens with zero attached hydrogens (tertiary/aromatic N) is 1. The number of urea groups is 1. The lowest BCUT2D eigenvalue weighted by Crippen LogP contribution is -2.34. The second kappa shape index (κ2) is 7.64. The highest BCUT2D eigenvalue weighted by atomic mass is 16.5. The van der Waals surface area contributed by atoms with Crippen molar-refractivity contribution in [3.63, 3.8) is 0 Å². The molecule has 116 valence electrons. The molecule has 6 heteroatoms. The molecule has 0 aromatic heterocycles. The number of rotatable bonds is 5. The Labute approximate surface area is 124 Å². The van der Waals surface area contributed by atoms with Gasteiger partial charge in [-0.3, -0.25) is 0 Å². The van der Waals surface area contributed by atoms with Crippen molar-refractivity contribution < 1.29 is 19.4 Å². The fourth-order valence-corrected chi connectivity index (χ4v) is 1.77. The Morgan fingerprint density at radius 1 is 1.38 bits per heavy atom. The van der Waals surface area contributed by atoms with Crippen molar-refractivity contribution in [3.05, 3.63) is 29.3 Å². The number of hydrogen-bond donors (Lipinski definition) is 2. The molecule has 0 atom stereocenters. The molecule has 2 N–H and O–H groups in total. The fourth-order valence-electron chi connectivity index (χ4n) is 1.77. The predicted molar refractivity (Wildman–Crippen MR) is 80.6 cm³/mol. The van der Waals surface area contributed by atoms with E-state index in [1.807, 2.05) is 19.9 Å². The van der Waals surface area contributed by atoms with Gasteiger partial charge in [-0.05, 0) is 23.6 Å². The molecule has 0 heterocycles. The van der Waals surface area contributed by atoms with Gasteiger partial charge < -0.3 is 20.1 Å². The minimum Gasteiger partial charge on any atom is -0.465 e. The first kappa shape index (κ1) is 17.0. The summed E-state index contributed by atoms with van der Waals surface area (Å²) in [6.07, 6.45) is 0. The van der Waals surface area contributed by atoms with Crippen LogP contribution in [0.1, 0.15) is 35.7 Å². The van der Waals surface area contributed by atoms with Crippen molar-refractivity contribution in [2.24, 2.45) is 0 Å². The molecule has 0 bridgehead atoms. The molecule has 1 aromatic carbocycles. The number of aliphatic hydroxyl groups excluding tert-OH is 1. The molecular formula is C15H22N2O4. The van der Waals surface area contributed by atoms with E-state index in [0.717, 1.165) is 5.56 Å². The van der Waals surface area contributed by atoms with Crippen LogP contribution in [0.3, 0.4) is 0 Å². The Morgan fingerprint density at radius 2 is 2.05 bits per heavy atom. The molecule has 0 unspecified atom stereocenters. The normalized spacial score (nSPS) is 10.4. The van der Waals surface area contributed by atoms with Gasteiger partial charge in [0.25, 0.3) is 0 Å². The van der Waals surface area contributed by atoms with Crippen LogP contribution in [-0.4, -0.2) is 49.3 Å². The van der Waals surface area contributed by atoms with Gasteiger partial charge in [0, 0.05) is 13.6 Å². The molecule has 1 rings (SSSR count). The first-order valence-corrected chi connectivity index (χ1v) is 6.76. The van der Waals surface area contributed by atoms with E-state index in [1.54, 1.807) is 19.2 Å². The molecule has 0 aliphatic carbocycles. The first-order chi connectivity index (χ1) is 9.90. The maximum Gasteiger partial charge on any atom is 0.339 e. The Morgan fingerprint density at radius 3 is 2.57 bits per heavy atom. The molecule has 2 amide bonds. The second-order valence-corrected chi connectivity index (χ2v) is 5.03.